The van der Waals surface area contributed by atoms with Crippen LogP contribution in [0.2, 0.25) is 10.4 Å². The maximum absolute atomic E-state index is 11.8. The molecular weight excluding hydrogens is 637 g/mol. The highest BCUT2D eigenvalue weighted by molar-refractivity contribution is 6.36. The molecule has 0 radical (unpaired) electrons. The first-order valence-corrected chi connectivity index (χ1v) is 15.8. The van der Waals surface area contributed by atoms with Crippen LogP contribution >= 0.6 is 23.2 Å². The van der Waals surface area contributed by atoms with Crippen LogP contribution in [-0.2, 0) is 4.74 Å². The van der Waals surface area contributed by atoms with Crippen LogP contribution in [0.4, 0.5) is 5.69 Å². The van der Waals surface area contributed by atoms with Crippen LogP contribution in [0.15, 0.2) is 9.59 Å². The van der Waals surface area contributed by atoms with Crippen molar-refractivity contribution in [3.05, 3.63) is 104 Å². The molecule has 9 nitrogen and oxygen atoms in total. The Bertz CT molecular complexity index is 2170. The molecule has 11 heteroatoms. The van der Waals surface area contributed by atoms with Crippen molar-refractivity contribution in [1.82, 2.24) is 19.9 Å². The molecule has 0 spiro atoms. The van der Waals surface area contributed by atoms with Crippen molar-refractivity contribution in [2.24, 2.45) is 0 Å². The number of hydrogen-bond acceptors (Lipinski definition) is 7. The van der Waals surface area contributed by atoms with Gasteiger partial charge in [0.2, 0.25) is 5.28 Å². The molecule has 4 N–H and O–H groups in total. The number of halogens is 2. The van der Waals surface area contributed by atoms with E-state index in [1.165, 1.54) is 18.2 Å². The summed E-state index contributed by atoms with van der Waals surface area (Å²) in [5.41, 5.74) is 20.6. The number of ether oxygens (including phenoxy) is 1. The van der Waals surface area contributed by atoms with Gasteiger partial charge in [-0.2, -0.15) is 0 Å². The lowest BCUT2D eigenvalue weighted by Crippen LogP contribution is -2.23. The number of H-pyrrole nitrogens is 2. The molecule has 2 aromatic heterocycles. The number of nitrogens with zero attached hydrogens (tertiary/aromatic N) is 2. The summed E-state index contributed by atoms with van der Waals surface area (Å²) < 4.78 is 4.73. The first kappa shape index (κ1) is 37.2. The first-order valence-electron chi connectivity index (χ1n) is 15.0. The van der Waals surface area contributed by atoms with E-state index in [9.17, 15) is 14.4 Å². The molecule has 0 saturated carbocycles. The Morgan fingerprint density at radius 1 is 0.617 bits per heavy atom. The van der Waals surface area contributed by atoms with Crippen LogP contribution in [0.1, 0.15) is 77.1 Å². The van der Waals surface area contributed by atoms with Gasteiger partial charge in [0.15, 0.2) is 0 Å². The Balaban J connectivity index is 0.000000192. The van der Waals surface area contributed by atoms with E-state index < -0.39 is 5.69 Å². The third-order valence-electron chi connectivity index (χ3n) is 9.76. The lowest BCUT2D eigenvalue weighted by molar-refractivity contribution is 0.0601. The van der Waals surface area contributed by atoms with E-state index in [4.69, 9.17) is 33.7 Å². The Hall–Kier alpha value is -4.21. The fourth-order valence-electron chi connectivity index (χ4n) is 5.71. The van der Waals surface area contributed by atoms with Crippen molar-refractivity contribution in [1.29, 1.82) is 0 Å². The summed E-state index contributed by atoms with van der Waals surface area (Å²) in [6, 6.07) is 0. The molecule has 0 amide bonds. The predicted octanol–water partition coefficient (Wildman–Crippen LogP) is 7.91. The van der Waals surface area contributed by atoms with Gasteiger partial charge in [0, 0.05) is 11.1 Å². The largest absolute Gasteiger partial charge is 0.465 e. The zero-order valence-electron chi connectivity index (χ0n) is 29.4. The number of carbonyl (C=O) groups excluding carboxylic acids is 1. The highest BCUT2D eigenvalue weighted by Gasteiger charge is 2.19. The minimum absolute atomic E-state index is 0.197. The Morgan fingerprint density at radius 3 is 1.64 bits per heavy atom. The number of carbonyl (C=O) groups is 1. The SMILES string of the molecule is COC(=O)c1c(C)c(C)c(C)c(C)c1N.Cc1c(C)c(C)c2c(=O)[nH]c(=O)[nH]c2c1C.Cc1c(C)c(C)c2c(Cl)nc(Cl)nc2c1C. The predicted molar refractivity (Wildman–Crippen MR) is 194 cm³/mol. The quantitative estimate of drug-likeness (QED) is 0.0707. The molecule has 0 aliphatic rings. The van der Waals surface area contributed by atoms with Crippen LogP contribution in [0.25, 0.3) is 21.8 Å². The standard InChI is InChI=1S/C12H12Cl2N2.C12H14N2O2.C12H17NO2/c1-5-6(2)8(4)10-9(7(5)3)11(13)16-12(14)15-10;1-5-6(2)8(4)10-9(7(5)3)11(15)14-12(16)13-10;1-6-7(2)9(4)11(13)10(8(6)3)12(14)15-5/h1-4H3;1-4H3,(H2,13,14,15,16);13H2,1-5H3. The second-order valence-corrected chi connectivity index (χ2v) is 12.6. The number of anilines is 1. The number of rotatable bonds is 1. The number of fused-ring (bicyclic) bond motifs is 2. The lowest BCUT2D eigenvalue weighted by Gasteiger charge is -2.16. The van der Waals surface area contributed by atoms with E-state index in [2.05, 4.69) is 33.8 Å². The number of nitrogens with two attached hydrogens (primary N) is 1. The van der Waals surface area contributed by atoms with E-state index in [0.717, 1.165) is 66.5 Å². The number of aromatic nitrogens is 4. The molecule has 0 aliphatic carbocycles. The maximum atomic E-state index is 11.8. The summed E-state index contributed by atoms with van der Waals surface area (Å²) in [6.45, 7) is 23.8. The van der Waals surface area contributed by atoms with Crippen LogP contribution < -0.4 is 17.0 Å². The monoisotopic (exact) mass is 679 g/mol. The van der Waals surface area contributed by atoms with Gasteiger partial charge in [0.1, 0.15) is 5.15 Å². The molecular formula is C36H43Cl2N5O4. The minimum Gasteiger partial charge on any atom is -0.465 e. The normalized spacial score (nSPS) is 10.8. The van der Waals surface area contributed by atoms with Gasteiger partial charge in [-0.15, -0.1) is 0 Å². The molecule has 0 fully saturated rings. The van der Waals surface area contributed by atoms with E-state index in [-0.39, 0.29) is 16.8 Å². The zero-order chi connectivity index (χ0) is 35.8. The molecule has 0 saturated heterocycles. The lowest BCUT2D eigenvalue weighted by atomic mass is 9.92. The average Bonchev–Trinajstić information content (AvgIpc) is 3.02. The Kier molecular flexibility index (Phi) is 11.3. The summed E-state index contributed by atoms with van der Waals surface area (Å²) in [7, 11) is 1.37. The summed E-state index contributed by atoms with van der Waals surface area (Å²) in [5, 5.41) is 2.12. The summed E-state index contributed by atoms with van der Waals surface area (Å²) in [5.74, 6) is -0.365. The number of aromatic amines is 2. The van der Waals surface area contributed by atoms with Gasteiger partial charge < -0.3 is 15.5 Å². The molecule has 3 aromatic carbocycles. The summed E-state index contributed by atoms with van der Waals surface area (Å²) in [4.78, 5) is 47.8. The maximum Gasteiger partial charge on any atom is 0.340 e. The van der Waals surface area contributed by atoms with Crippen molar-refractivity contribution in [2.75, 3.05) is 12.8 Å². The Labute approximate surface area is 284 Å². The molecule has 250 valence electrons. The van der Waals surface area contributed by atoms with Crippen LogP contribution in [0, 0.1) is 83.1 Å². The summed E-state index contributed by atoms with van der Waals surface area (Å²) >= 11 is 12.0. The van der Waals surface area contributed by atoms with Gasteiger partial charge in [0.05, 0.1) is 29.1 Å². The Morgan fingerprint density at radius 2 is 1.09 bits per heavy atom. The van der Waals surface area contributed by atoms with Gasteiger partial charge in [-0.05, 0) is 161 Å². The average molecular weight is 681 g/mol. The van der Waals surface area contributed by atoms with Crippen molar-refractivity contribution in [3.63, 3.8) is 0 Å². The van der Waals surface area contributed by atoms with Crippen LogP contribution in [0.5, 0.6) is 0 Å². The van der Waals surface area contributed by atoms with Gasteiger partial charge in [0.25, 0.3) is 5.56 Å². The number of benzene rings is 3. The zero-order valence-corrected chi connectivity index (χ0v) is 30.9. The number of nitrogens with one attached hydrogen (secondary N) is 2. The molecule has 0 unspecified atom stereocenters. The summed E-state index contributed by atoms with van der Waals surface area (Å²) in [6.07, 6.45) is 0. The van der Waals surface area contributed by atoms with Crippen molar-refractivity contribution in [2.45, 2.75) is 83.1 Å². The molecule has 0 atom stereocenters. The number of aryl methyl sites for hydroxylation is 4. The minimum atomic E-state index is -0.455. The third kappa shape index (κ3) is 6.92. The van der Waals surface area contributed by atoms with E-state index >= 15 is 0 Å². The number of esters is 1. The fourth-order valence-corrected chi connectivity index (χ4v) is 6.23. The molecule has 5 aromatic rings. The van der Waals surface area contributed by atoms with Crippen LogP contribution in [0.3, 0.4) is 0 Å². The fraction of sp³-hybridized carbons (Fsp3) is 0.361. The second kappa shape index (κ2) is 14.3. The van der Waals surface area contributed by atoms with Crippen LogP contribution in [-0.4, -0.2) is 33.0 Å². The molecule has 0 aliphatic heterocycles. The number of methoxy groups -OCH3 is 1. The molecule has 5 rings (SSSR count). The number of nitrogen functional groups attached to an aromatic ring is 1. The molecule has 2 heterocycles. The van der Waals surface area contributed by atoms with Gasteiger partial charge in [-0.1, -0.05) is 11.6 Å². The third-order valence-corrected chi connectivity index (χ3v) is 10.2. The van der Waals surface area contributed by atoms with Crippen molar-refractivity contribution in [3.8, 4) is 0 Å². The smallest absolute Gasteiger partial charge is 0.340 e. The van der Waals surface area contributed by atoms with E-state index in [1.807, 2.05) is 69.2 Å². The van der Waals surface area contributed by atoms with E-state index in [1.54, 1.807) is 0 Å². The van der Waals surface area contributed by atoms with Gasteiger partial charge >= 0.3 is 11.7 Å². The van der Waals surface area contributed by atoms with Gasteiger partial charge in [-0.3, -0.25) is 9.78 Å². The topological polar surface area (TPSA) is 144 Å². The molecule has 0 bridgehead atoms. The molecule has 47 heavy (non-hydrogen) atoms. The van der Waals surface area contributed by atoms with Gasteiger partial charge in [-0.25, -0.2) is 19.6 Å². The highest BCUT2D eigenvalue weighted by Crippen LogP contribution is 2.32. The van der Waals surface area contributed by atoms with Crippen molar-refractivity contribution < 1.29 is 9.53 Å². The highest BCUT2D eigenvalue weighted by atomic mass is 35.5. The van der Waals surface area contributed by atoms with Crippen molar-refractivity contribution >= 4 is 56.7 Å². The van der Waals surface area contributed by atoms with E-state index in [0.29, 0.717) is 27.3 Å². The number of hydrogen-bond donors (Lipinski definition) is 3. The second-order valence-electron chi connectivity index (χ2n) is 11.9. The first-order chi connectivity index (χ1) is 21.8.